The molecule has 18 heavy (non-hydrogen) atoms. The number of fused-ring (bicyclic) bond motifs is 1. The van der Waals surface area contributed by atoms with Gasteiger partial charge in [-0.05, 0) is 24.6 Å². The summed E-state index contributed by atoms with van der Waals surface area (Å²) in [5.74, 6) is 1.67. The molecule has 0 radical (unpaired) electrons. The van der Waals surface area contributed by atoms with Crippen LogP contribution >= 0.6 is 0 Å². The molecule has 0 aliphatic heterocycles. The maximum Gasteiger partial charge on any atom is 0.139 e. The van der Waals surface area contributed by atoms with E-state index < -0.39 is 0 Å². The molecule has 4 heteroatoms. The van der Waals surface area contributed by atoms with Crippen molar-refractivity contribution in [3.05, 3.63) is 24.6 Å². The Morgan fingerprint density at radius 3 is 3.00 bits per heavy atom. The Balaban J connectivity index is 1.96. The first-order valence-corrected chi connectivity index (χ1v) is 6.42. The molecular weight excluding hydrogens is 226 g/mol. The van der Waals surface area contributed by atoms with Gasteiger partial charge in [-0.3, -0.25) is 0 Å². The van der Waals surface area contributed by atoms with E-state index in [1.54, 1.807) is 12.5 Å². The van der Waals surface area contributed by atoms with Gasteiger partial charge in [-0.1, -0.05) is 13.8 Å². The third kappa shape index (κ3) is 3.01. The van der Waals surface area contributed by atoms with E-state index in [4.69, 9.17) is 4.42 Å². The van der Waals surface area contributed by atoms with Crippen LogP contribution in [-0.2, 0) is 0 Å². The standard InChI is InChI=1S/C14H21N3O/c1-11(2)10-15-7-8-17(3)14-12-5-9-18-13(12)4-6-16-14/h4-6,9,11,15H,7-8,10H2,1-3H3. The second kappa shape index (κ2) is 5.87. The van der Waals surface area contributed by atoms with Gasteiger partial charge in [0.1, 0.15) is 11.4 Å². The molecule has 0 saturated carbocycles. The molecule has 2 heterocycles. The van der Waals surface area contributed by atoms with E-state index in [1.165, 1.54) is 0 Å². The fourth-order valence-electron chi connectivity index (χ4n) is 1.93. The fourth-order valence-corrected chi connectivity index (χ4v) is 1.93. The first-order valence-electron chi connectivity index (χ1n) is 6.42. The number of pyridine rings is 1. The lowest BCUT2D eigenvalue weighted by atomic mass is 10.2. The number of likely N-dealkylation sites (N-methyl/N-ethyl adjacent to an activating group) is 1. The molecule has 0 bridgehead atoms. The molecule has 0 aliphatic rings. The summed E-state index contributed by atoms with van der Waals surface area (Å²) in [7, 11) is 2.06. The van der Waals surface area contributed by atoms with Crippen LogP contribution in [-0.4, -0.2) is 31.7 Å². The van der Waals surface area contributed by atoms with Crippen molar-refractivity contribution < 1.29 is 4.42 Å². The zero-order valence-corrected chi connectivity index (χ0v) is 11.3. The number of hydrogen-bond donors (Lipinski definition) is 1. The second-order valence-electron chi connectivity index (χ2n) is 4.99. The Bertz CT molecular complexity index is 492. The molecule has 4 nitrogen and oxygen atoms in total. The minimum atomic E-state index is 0.686. The van der Waals surface area contributed by atoms with E-state index in [9.17, 15) is 0 Å². The first kappa shape index (κ1) is 12.9. The summed E-state index contributed by atoms with van der Waals surface area (Å²) >= 11 is 0. The number of nitrogens with zero attached hydrogens (tertiary/aromatic N) is 2. The molecular formula is C14H21N3O. The van der Waals surface area contributed by atoms with Crippen LogP contribution in [0.3, 0.4) is 0 Å². The van der Waals surface area contributed by atoms with E-state index in [0.29, 0.717) is 5.92 Å². The molecule has 0 amide bonds. The third-order valence-electron chi connectivity index (χ3n) is 2.90. The van der Waals surface area contributed by atoms with Crippen LogP contribution in [0.2, 0.25) is 0 Å². The Labute approximate surface area is 108 Å². The smallest absolute Gasteiger partial charge is 0.139 e. The van der Waals surface area contributed by atoms with Gasteiger partial charge >= 0.3 is 0 Å². The quantitative estimate of drug-likeness (QED) is 0.796. The summed E-state index contributed by atoms with van der Waals surface area (Å²) < 4.78 is 5.38. The van der Waals surface area contributed by atoms with Crippen LogP contribution in [0, 0.1) is 5.92 Å². The number of hydrogen-bond acceptors (Lipinski definition) is 4. The largest absolute Gasteiger partial charge is 0.464 e. The lowest BCUT2D eigenvalue weighted by Crippen LogP contribution is -2.31. The molecule has 0 aliphatic carbocycles. The molecule has 0 unspecified atom stereocenters. The molecule has 0 saturated heterocycles. The molecule has 98 valence electrons. The Morgan fingerprint density at radius 2 is 2.22 bits per heavy atom. The summed E-state index contributed by atoms with van der Waals surface area (Å²) in [5.41, 5.74) is 0.891. The molecule has 2 rings (SSSR count). The van der Waals surface area contributed by atoms with Crippen LogP contribution in [0.4, 0.5) is 5.82 Å². The highest BCUT2D eigenvalue weighted by Crippen LogP contribution is 2.23. The van der Waals surface area contributed by atoms with Crippen molar-refractivity contribution >= 4 is 16.8 Å². The van der Waals surface area contributed by atoms with Crippen molar-refractivity contribution in [3.63, 3.8) is 0 Å². The van der Waals surface area contributed by atoms with Crippen molar-refractivity contribution in [2.24, 2.45) is 5.92 Å². The molecule has 0 fully saturated rings. The van der Waals surface area contributed by atoms with Gasteiger partial charge < -0.3 is 14.6 Å². The highest BCUT2D eigenvalue weighted by Gasteiger charge is 2.08. The van der Waals surface area contributed by atoms with Crippen LogP contribution in [0.25, 0.3) is 11.0 Å². The minimum absolute atomic E-state index is 0.686. The average molecular weight is 247 g/mol. The van der Waals surface area contributed by atoms with Crippen molar-refractivity contribution in [1.82, 2.24) is 10.3 Å². The minimum Gasteiger partial charge on any atom is -0.464 e. The zero-order chi connectivity index (χ0) is 13.0. The molecule has 2 aromatic heterocycles. The van der Waals surface area contributed by atoms with Gasteiger partial charge in [-0.2, -0.15) is 0 Å². The number of furan rings is 1. The lowest BCUT2D eigenvalue weighted by Gasteiger charge is -2.19. The predicted octanol–water partition coefficient (Wildman–Crippen LogP) is 2.51. The highest BCUT2D eigenvalue weighted by molar-refractivity contribution is 5.88. The van der Waals surface area contributed by atoms with Crippen molar-refractivity contribution in [2.45, 2.75) is 13.8 Å². The van der Waals surface area contributed by atoms with Crippen molar-refractivity contribution in [3.8, 4) is 0 Å². The monoisotopic (exact) mass is 247 g/mol. The first-order chi connectivity index (χ1) is 8.68. The molecule has 2 aromatic rings. The molecule has 0 aromatic carbocycles. The summed E-state index contributed by atoms with van der Waals surface area (Å²) in [6, 6.07) is 3.86. The van der Waals surface area contributed by atoms with Gasteiger partial charge in [0.05, 0.1) is 11.6 Å². The Kier molecular flexibility index (Phi) is 4.20. The maximum atomic E-state index is 5.38. The number of nitrogens with one attached hydrogen (secondary N) is 1. The molecule has 0 atom stereocenters. The highest BCUT2D eigenvalue weighted by atomic mass is 16.3. The van der Waals surface area contributed by atoms with E-state index in [2.05, 4.69) is 36.1 Å². The van der Waals surface area contributed by atoms with E-state index in [-0.39, 0.29) is 0 Å². The van der Waals surface area contributed by atoms with Gasteiger partial charge in [0.2, 0.25) is 0 Å². The van der Waals surface area contributed by atoms with Crippen LogP contribution in [0.5, 0.6) is 0 Å². The van der Waals surface area contributed by atoms with Crippen LogP contribution < -0.4 is 10.2 Å². The maximum absolute atomic E-state index is 5.38. The number of anilines is 1. The zero-order valence-electron chi connectivity index (χ0n) is 11.3. The SMILES string of the molecule is CC(C)CNCCN(C)c1nccc2occc12. The average Bonchev–Trinajstić information content (AvgIpc) is 2.82. The Hall–Kier alpha value is -1.55. The normalized spacial score (nSPS) is 11.3. The van der Waals surface area contributed by atoms with Crippen molar-refractivity contribution in [2.75, 3.05) is 31.6 Å². The van der Waals surface area contributed by atoms with Gasteiger partial charge in [-0.15, -0.1) is 0 Å². The summed E-state index contributed by atoms with van der Waals surface area (Å²) in [6.45, 7) is 7.38. The van der Waals surface area contributed by atoms with Gasteiger partial charge in [-0.25, -0.2) is 4.98 Å². The van der Waals surface area contributed by atoms with E-state index in [0.717, 1.165) is 36.4 Å². The number of aromatic nitrogens is 1. The van der Waals surface area contributed by atoms with Gasteiger partial charge in [0.15, 0.2) is 0 Å². The molecule has 0 spiro atoms. The van der Waals surface area contributed by atoms with Crippen molar-refractivity contribution in [1.29, 1.82) is 0 Å². The Morgan fingerprint density at radius 1 is 1.39 bits per heavy atom. The lowest BCUT2D eigenvalue weighted by molar-refractivity contribution is 0.554. The summed E-state index contributed by atoms with van der Waals surface area (Å²) in [4.78, 5) is 6.59. The second-order valence-corrected chi connectivity index (χ2v) is 4.99. The summed E-state index contributed by atoms with van der Waals surface area (Å²) in [6.07, 6.45) is 3.50. The van der Waals surface area contributed by atoms with Gasteiger partial charge in [0, 0.05) is 26.3 Å². The van der Waals surface area contributed by atoms with Crippen LogP contribution in [0.1, 0.15) is 13.8 Å². The van der Waals surface area contributed by atoms with E-state index >= 15 is 0 Å². The fraction of sp³-hybridized carbons (Fsp3) is 0.500. The topological polar surface area (TPSA) is 41.3 Å². The summed E-state index contributed by atoms with van der Waals surface area (Å²) in [5, 5.41) is 4.51. The molecule has 1 N–H and O–H groups in total. The number of rotatable bonds is 6. The van der Waals surface area contributed by atoms with Crippen LogP contribution in [0.15, 0.2) is 29.0 Å². The van der Waals surface area contributed by atoms with Gasteiger partial charge in [0.25, 0.3) is 0 Å². The third-order valence-corrected chi connectivity index (χ3v) is 2.90. The predicted molar refractivity (Wildman–Crippen MR) is 75.0 cm³/mol. The van der Waals surface area contributed by atoms with E-state index in [1.807, 2.05) is 12.1 Å².